The summed E-state index contributed by atoms with van der Waals surface area (Å²) in [5.74, 6) is 0.720. The van der Waals surface area contributed by atoms with E-state index in [-0.39, 0.29) is 0 Å². The summed E-state index contributed by atoms with van der Waals surface area (Å²) in [7, 11) is 0. The molecule has 4 heteroatoms. The summed E-state index contributed by atoms with van der Waals surface area (Å²) in [5.41, 5.74) is 14.6. The summed E-state index contributed by atoms with van der Waals surface area (Å²) in [6, 6.07) is 50.8. The number of para-hydroxylation sites is 2. The van der Waals surface area contributed by atoms with E-state index >= 15 is 0 Å². The highest BCUT2D eigenvalue weighted by atomic mass is 15.2. The van der Waals surface area contributed by atoms with E-state index in [1.165, 1.54) is 87.4 Å². The summed E-state index contributed by atoms with van der Waals surface area (Å²) in [4.78, 5) is 11.0. The molecule has 11 aromatic rings. The lowest BCUT2D eigenvalue weighted by molar-refractivity contribution is 0.852. The number of nitrogens with zero attached hydrogens (tertiary/aromatic N) is 4. The Kier molecular flexibility index (Phi) is 6.09. The highest BCUT2D eigenvalue weighted by molar-refractivity contribution is 6.24. The third kappa shape index (κ3) is 3.98. The normalized spacial score (nSPS) is 13.9. The topological polar surface area (TPSA) is 35.1 Å². The highest BCUT2D eigenvalue weighted by Gasteiger charge is 2.27. The van der Waals surface area contributed by atoms with Crippen molar-refractivity contribution in [3.63, 3.8) is 0 Å². The molecule has 13 rings (SSSR count). The van der Waals surface area contributed by atoms with Crippen molar-refractivity contribution in [1.82, 2.24) is 18.9 Å². The molecule has 0 N–H and O–H groups in total. The predicted molar refractivity (Wildman–Crippen MR) is 234 cm³/mol. The molecule has 0 bridgehead atoms. The van der Waals surface area contributed by atoms with Crippen LogP contribution in [0.3, 0.4) is 0 Å². The maximum Gasteiger partial charge on any atom is 0.235 e. The minimum Gasteiger partial charge on any atom is -0.308 e. The van der Waals surface area contributed by atoms with Gasteiger partial charge in [0.2, 0.25) is 5.95 Å². The number of aryl methyl sites for hydroxylation is 1. The fourth-order valence-electron chi connectivity index (χ4n) is 10.3. The van der Waals surface area contributed by atoms with Gasteiger partial charge in [-0.3, -0.25) is 4.57 Å². The second kappa shape index (κ2) is 11.2. The van der Waals surface area contributed by atoms with E-state index < -0.39 is 0 Å². The Bertz CT molecular complexity index is 3580. The number of fused-ring (bicyclic) bond motifs is 14. The first-order valence-corrected chi connectivity index (χ1v) is 19.8. The van der Waals surface area contributed by atoms with Crippen LogP contribution in [0.4, 0.5) is 0 Å². The summed E-state index contributed by atoms with van der Waals surface area (Å²) in [5, 5.41) is 11.4. The average molecular weight is 715 g/mol. The van der Waals surface area contributed by atoms with E-state index in [1.807, 2.05) is 0 Å². The highest BCUT2D eigenvalue weighted by Crippen LogP contribution is 2.44. The first-order chi connectivity index (χ1) is 27.8. The van der Waals surface area contributed by atoms with Crippen molar-refractivity contribution in [2.24, 2.45) is 0 Å². The smallest absolute Gasteiger partial charge is 0.235 e. The van der Waals surface area contributed by atoms with Crippen molar-refractivity contribution in [2.75, 3.05) is 0 Å². The molecule has 262 valence electrons. The number of hydrogen-bond donors (Lipinski definition) is 0. The molecule has 4 heterocycles. The predicted octanol–water partition coefficient (Wildman–Crippen LogP) is 12.2. The van der Waals surface area contributed by atoms with Crippen molar-refractivity contribution in [3.8, 4) is 28.3 Å². The van der Waals surface area contributed by atoms with Gasteiger partial charge in [-0.15, -0.1) is 0 Å². The molecule has 0 spiro atoms. The minimum atomic E-state index is 0.720. The molecule has 56 heavy (non-hydrogen) atoms. The fraction of sp³-hybridized carbons (Fsp3) is 0.0769. The maximum atomic E-state index is 5.61. The lowest BCUT2D eigenvalue weighted by Crippen LogP contribution is -2.08. The van der Waals surface area contributed by atoms with Gasteiger partial charge in [0.15, 0.2) is 0 Å². The molecule has 0 unspecified atom stereocenters. The SMILES string of the molecule is C1=Cc2c(n(-c3nc(-c4ccc(-c5ccccc5)c5ccccc45)c4ccccc4n3)c3ccc4ccc5c6c7c(c8ccccc8n7c5c4c23)=CCC6)CC1. The zero-order valence-corrected chi connectivity index (χ0v) is 30.6. The largest absolute Gasteiger partial charge is 0.308 e. The Hall–Kier alpha value is -7.04. The lowest BCUT2D eigenvalue weighted by atomic mass is 9.93. The molecule has 4 aromatic heterocycles. The molecule has 2 aliphatic carbocycles. The maximum absolute atomic E-state index is 5.61. The van der Waals surface area contributed by atoms with Crippen LogP contribution in [0.5, 0.6) is 0 Å². The van der Waals surface area contributed by atoms with Crippen molar-refractivity contribution in [1.29, 1.82) is 0 Å². The van der Waals surface area contributed by atoms with Gasteiger partial charge in [-0.25, -0.2) is 9.97 Å². The Balaban J connectivity index is 1.14. The van der Waals surface area contributed by atoms with E-state index in [2.05, 4.69) is 167 Å². The number of benzene rings is 7. The van der Waals surface area contributed by atoms with Gasteiger partial charge in [0, 0.05) is 49.0 Å². The minimum absolute atomic E-state index is 0.720. The van der Waals surface area contributed by atoms with Crippen LogP contribution in [-0.2, 0) is 12.8 Å². The molecule has 0 saturated carbocycles. The van der Waals surface area contributed by atoms with Crippen LogP contribution in [0, 0.1) is 0 Å². The van der Waals surface area contributed by atoms with Crippen molar-refractivity contribution in [2.45, 2.75) is 25.7 Å². The van der Waals surface area contributed by atoms with Crippen LogP contribution in [0.1, 0.15) is 29.7 Å². The van der Waals surface area contributed by atoms with E-state index in [0.717, 1.165) is 59.3 Å². The fourth-order valence-corrected chi connectivity index (χ4v) is 10.3. The molecule has 0 fully saturated rings. The first kappa shape index (κ1) is 30.3. The molecular formula is C52H34N4. The molecule has 0 saturated heterocycles. The average Bonchev–Trinajstić information content (AvgIpc) is 3.91. The number of hydrogen-bond acceptors (Lipinski definition) is 2. The van der Waals surface area contributed by atoms with Gasteiger partial charge in [-0.1, -0.05) is 140 Å². The molecule has 0 radical (unpaired) electrons. The van der Waals surface area contributed by atoms with Crippen molar-refractivity contribution < 1.29 is 0 Å². The molecule has 0 aliphatic heterocycles. The Morgan fingerprint density at radius 1 is 0.518 bits per heavy atom. The quantitative estimate of drug-likeness (QED) is 0.183. The van der Waals surface area contributed by atoms with Gasteiger partial charge in [0.1, 0.15) is 0 Å². The third-order valence-corrected chi connectivity index (χ3v) is 12.6. The standard InChI is InChI=1S/C52H34N4/c1-2-13-31(14-3-1)33-28-29-37(35-16-5-4-15-34(33)35)49-41-18-6-9-22-43(41)53-52(54-49)55-45-24-11-8-19-42(45)48-46(55)30-26-32-25-27-40-39-21-12-20-38-36-17-7-10-23-44(36)56(50(38)39)51(40)47(32)48/h1-10,13-20,22-23,25-30H,11-12,21,24H2. The van der Waals surface area contributed by atoms with Crippen LogP contribution in [0.15, 0.2) is 146 Å². The van der Waals surface area contributed by atoms with E-state index in [1.54, 1.807) is 0 Å². The Labute approximate surface area is 322 Å². The van der Waals surface area contributed by atoms with Crippen LogP contribution in [0.2, 0.25) is 0 Å². The van der Waals surface area contributed by atoms with Crippen LogP contribution >= 0.6 is 0 Å². The van der Waals surface area contributed by atoms with Crippen LogP contribution in [-0.4, -0.2) is 18.9 Å². The van der Waals surface area contributed by atoms with E-state index in [4.69, 9.17) is 9.97 Å². The van der Waals surface area contributed by atoms with Gasteiger partial charge >= 0.3 is 0 Å². The second-order valence-corrected chi connectivity index (χ2v) is 15.5. The Morgan fingerprint density at radius 2 is 1.27 bits per heavy atom. The molecule has 4 nitrogen and oxygen atoms in total. The van der Waals surface area contributed by atoms with Gasteiger partial charge in [-0.05, 0) is 76.7 Å². The third-order valence-electron chi connectivity index (χ3n) is 12.6. The molecular weight excluding hydrogens is 681 g/mol. The molecule has 0 atom stereocenters. The summed E-state index contributed by atoms with van der Waals surface area (Å²) >= 11 is 0. The molecule has 0 amide bonds. The second-order valence-electron chi connectivity index (χ2n) is 15.5. The van der Waals surface area contributed by atoms with E-state index in [9.17, 15) is 0 Å². The van der Waals surface area contributed by atoms with E-state index in [0.29, 0.717) is 0 Å². The van der Waals surface area contributed by atoms with Gasteiger partial charge < -0.3 is 4.40 Å². The number of allylic oxidation sites excluding steroid dienone is 1. The van der Waals surface area contributed by atoms with Gasteiger partial charge in [0.25, 0.3) is 0 Å². The lowest BCUT2D eigenvalue weighted by Gasteiger charge is -2.16. The van der Waals surface area contributed by atoms with Crippen molar-refractivity contribution >= 4 is 82.8 Å². The molecule has 2 aliphatic rings. The monoisotopic (exact) mass is 714 g/mol. The van der Waals surface area contributed by atoms with Crippen LogP contribution < -0.4 is 5.22 Å². The number of rotatable bonds is 3. The summed E-state index contributed by atoms with van der Waals surface area (Å²) in [6.07, 6.45) is 11.2. The Morgan fingerprint density at radius 3 is 2.16 bits per heavy atom. The van der Waals surface area contributed by atoms with Gasteiger partial charge in [-0.2, -0.15) is 0 Å². The zero-order valence-electron chi connectivity index (χ0n) is 30.6. The van der Waals surface area contributed by atoms with Crippen molar-refractivity contribution in [3.05, 3.63) is 168 Å². The zero-order chi connectivity index (χ0) is 36.5. The van der Waals surface area contributed by atoms with Gasteiger partial charge in [0.05, 0.1) is 33.3 Å². The summed E-state index contributed by atoms with van der Waals surface area (Å²) < 4.78 is 4.97. The first-order valence-electron chi connectivity index (χ1n) is 19.8. The summed E-state index contributed by atoms with van der Waals surface area (Å²) in [6.45, 7) is 0. The molecule has 7 aromatic carbocycles. The van der Waals surface area contributed by atoms with Crippen LogP contribution in [0.25, 0.3) is 111 Å². The number of aromatic nitrogens is 4.